The van der Waals surface area contributed by atoms with Crippen LogP contribution in [0.25, 0.3) is 0 Å². The van der Waals surface area contributed by atoms with E-state index in [0.29, 0.717) is 25.1 Å². The van der Waals surface area contributed by atoms with Crippen molar-refractivity contribution in [2.45, 2.75) is 65.0 Å². The molecule has 3 heterocycles. The molecule has 2 aromatic heterocycles. The molecule has 1 aliphatic heterocycles. The van der Waals surface area contributed by atoms with Gasteiger partial charge in [0.1, 0.15) is 0 Å². The number of carbonyl (C=O) groups excluding carboxylic acids is 2. The number of thiophene rings is 1. The third kappa shape index (κ3) is 4.69. The van der Waals surface area contributed by atoms with Crippen molar-refractivity contribution >= 4 is 23.2 Å². The number of aromatic nitrogens is 1. The average Bonchev–Trinajstić information content (AvgIpc) is 3.45. The first kappa shape index (κ1) is 20.1. The first-order chi connectivity index (χ1) is 14.1. The largest absolute Gasteiger partial charge is 0.348 e. The first-order valence-corrected chi connectivity index (χ1v) is 11.6. The molecule has 6 heteroatoms. The quantitative estimate of drug-likeness (QED) is 0.773. The normalized spacial score (nSPS) is 16.7. The van der Waals surface area contributed by atoms with Crippen molar-refractivity contribution in [3.05, 3.63) is 51.0 Å². The number of nitrogens with one attached hydrogen (secondary N) is 1. The topological polar surface area (TPSA) is 62.3 Å². The third-order valence-corrected chi connectivity index (χ3v) is 7.08. The van der Waals surface area contributed by atoms with Gasteiger partial charge in [-0.1, -0.05) is 25.7 Å². The summed E-state index contributed by atoms with van der Waals surface area (Å²) in [5.74, 6) is 0.969. The lowest BCUT2D eigenvalue weighted by Crippen LogP contribution is -2.37. The number of fused-ring (bicyclic) bond motifs is 1. The smallest absolute Gasteiger partial charge is 0.252 e. The Morgan fingerprint density at radius 1 is 1.31 bits per heavy atom. The molecule has 0 atom stereocenters. The monoisotopic (exact) mass is 411 g/mol. The summed E-state index contributed by atoms with van der Waals surface area (Å²) in [6.07, 6.45) is 9.68. The van der Waals surface area contributed by atoms with Crippen LogP contribution in [0.3, 0.4) is 0 Å². The second-order valence-corrected chi connectivity index (χ2v) is 9.06. The van der Waals surface area contributed by atoms with Gasteiger partial charge in [-0.3, -0.25) is 14.6 Å². The molecular formula is C23H29N3O2S. The summed E-state index contributed by atoms with van der Waals surface area (Å²) in [6, 6.07) is 1.83. The second-order valence-electron chi connectivity index (χ2n) is 8.28. The molecule has 4 rings (SSSR count). The van der Waals surface area contributed by atoms with E-state index in [1.165, 1.54) is 42.6 Å². The number of rotatable bonds is 6. The lowest BCUT2D eigenvalue weighted by atomic mass is 9.94. The Morgan fingerprint density at radius 2 is 2.14 bits per heavy atom. The zero-order valence-corrected chi connectivity index (χ0v) is 17.9. The summed E-state index contributed by atoms with van der Waals surface area (Å²) in [6.45, 7) is 3.86. The molecule has 2 aromatic rings. The van der Waals surface area contributed by atoms with Crippen LogP contribution in [-0.2, 0) is 24.3 Å². The highest BCUT2D eigenvalue weighted by molar-refractivity contribution is 7.08. The maximum Gasteiger partial charge on any atom is 0.252 e. The number of hydrogen-bond donors (Lipinski definition) is 1. The molecule has 2 aliphatic rings. The molecule has 0 bridgehead atoms. The highest BCUT2D eigenvalue weighted by Gasteiger charge is 2.25. The van der Waals surface area contributed by atoms with E-state index in [4.69, 9.17) is 0 Å². The Balaban J connectivity index is 1.39. The molecule has 1 fully saturated rings. The van der Waals surface area contributed by atoms with Gasteiger partial charge in [0.2, 0.25) is 5.91 Å². The summed E-state index contributed by atoms with van der Waals surface area (Å²) in [7, 11) is 0. The lowest BCUT2D eigenvalue weighted by Gasteiger charge is -2.31. The summed E-state index contributed by atoms with van der Waals surface area (Å²) >= 11 is 1.52. The summed E-state index contributed by atoms with van der Waals surface area (Å²) in [5, 5.41) is 6.79. The van der Waals surface area contributed by atoms with Gasteiger partial charge in [-0.15, -0.1) is 0 Å². The van der Waals surface area contributed by atoms with Gasteiger partial charge in [-0.05, 0) is 53.8 Å². The number of amides is 2. The van der Waals surface area contributed by atoms with E-state index >= 15 is 0 Å². The van der Waals surface area contributed by atoms with E-state index < -0.39 is 0 Å². The van der Waals surface area contributed by atoms with Crippen LogP contribution in [0.4, 0.5) is 0 Å². The molecular weight excluding hydrogens is 382 g/mol. The SMILES string of the molecule is Cc1ncc2c(c1CNC(=O)c1ccsc1)CCN(C(=O)CCC1CCCC1)C2. The van der Waals surface area contributed by atoms with E-state index in [0.717, 1.165) is 42.1 Å². The molecule has 1 aliphatic carbocycles. The fourth-order valence-corrected chi connectivity index (χ4v) is 5.25. The molecule has 1 saturated carbocycles. The van der Waals surface area contributed by atoms with Gasteiger partial charge in [0.05, 0.1) is 0 Å². The zero-order valence-electron chi connectivity index (χ0n) is 17.1. The molecule has 0 radical (unpaired) electrons. The van der Waals surface area contributed by atoms with Gasteiger partial charge in [0, 0.05) is 48.9 Å². The Hall–Kier alpha value is -2.21. The maximum absolute atomic E-state index is 12.7. The Morgan fingerprint density at radius 3 is 2.90 bits per heavy atom. The number of nitrogens with zero attached hydrogens (tertiary/aromatic N) is 2. The van der Waals surface area contributed by atoms with Gasteiger partial charge in [0.25, 0.3) is 5.91 Å². The predicted octanol–water partition coefficient (Wildman–Crippen LogP) is 4.24. The van der Waals surface area contributed by atoms with E-state index in [9.17, 15) is 9.59 Å². The molecule has 0 aromatic carbocycles. The van der Waals surface area contributed by atoms with Crippen LogP contribution in [0, 0.1) is 12.8 Å². The van der Waals surface area contributed by atoms with Gasteiger partial charge in [-0.25, -0.2) is 0 Å². The third-order valence-electron chi connectivity index (χ3n) is 6.40. The standard InChI is InChI=1S/C23H29N3O2S/c1-16-21(13-25-23(28)18-9-11-29-15-18)20-8-10-26(14-19(20)12-24-16)22(27)7-6-17-4-2-3-5-17/h9,11-12,15,17H,2-8,10,13-14H2,1H3,(H,25,28). The van der Waals surface area contributed by atoms with Crippen molar-refractivity contribution in [3.63, 3.8) is 0 Å². The predicted molar refractivity (Wildman–Crippen MR) is 115 cm³/mol. The molecule has 0 saturated heterocycles. The van der Waals surface area contributed by atoms with Crippen molar-refractivity contribution in [3.8, 4) is 0 Å². The fraction of sp³-hybridized carbons (Fsp3) is 0.522. The van der Waals surface area contributed by atoms with Crippen LogP contribution in [-0.4, -0.2) is 28.2 Å². The molecule has 154 valence electrons. The van der Waals surface area contributed by atoms with Crippen molar-refractivity contribution in [2.24, 2.45) is 5.92 Å². The van der Waals surface area contributed by atoms with Crippen LogP contribution in [0.1, 0.15) is 71.3 Å². The van der Waals surface area contributed by atoms with Crippen molar-refractivity contribution in [2.75, 3.05) is 6.54 Å². The van der Waals surface area contributed by atoms with Crippen LogP contribution >= 0.6 is 11.3 Å². The van der Waals surface area contributed by atoms with E-state index in [1.54, 1.807) is 0 Å². The molecule has 2 amide bonds. The van der Waals surface area contributed by atoms with E-state index in [2.05, 4.69) is 10.3 Å². The molecule has 0 unspecified atom stereocenters. The summed E-state index contributed by atoms with van der Waals surface area (Å²) in [5.41, 5.74) is 5.13. The average molecular weight is 412 g/mol. The Kier molecular flexibility index (Phi) is 6.28. The van der Waals surface area contributed by atoms with Gasteiger partial charge < -0.3 is 10.2 Å². The fourth-order valence-electron chi connectivity index (χ4n) is 4.62. The highest BCUT2D eigenvalue weighted by atomic mass is 32.1. The zero-order chi connectivity index (χ0) is 20.2. The minimum atomic E-state index is -0.0530. The first-order valence-electron chi connectivity index (χ1n) is 10.7. The molecule has 5 nitrogen and oxygen atoms in total. The molecule has 1 N–H and O–H groups in total. The van der Waals surface area contributed by atoms with Crippen LogP contribution in [0.5, 0.6) is 0 Å². The van der Waals surface area contributed by atoms with Crippen molar-refractivity contribution in [1.29, 1.82) is 0 Å². The Bertz CT molecular complexity index is 872. The van der Waals surface area contributed by atoms with E-state index in [1.807, 2.05) is 34.8 Å². The molecule has 29 heavy (non-hydrogen) atoms. The van der Waals surface area contributed by atoms with E-state index in [-0.39, 0.29) is 11.8 Å². The summed E-state index contributed by atoms with van der Waals surface area (Å²) < 4.78 is 0. The van der Waals surface area contributed by atoms with Crippen LogP contribution in [0.15, 0.2) is 23.0 Å². The molecule has 0 spiro atoms. The maximum atomic E-state index is 12.7. The second kappa shape index (κ2) is 9.08. The Labute approximate surface area is 176 Å². The number of hydrogen-bond acceptors (Lipinski definition) is 4. The van der Waals surface area contributed by atoms with Gasteiger partial charge in [-0.2, -0.15) is 11.3 Å². The van der Waals surface area contributed by atoms with Crippen molar-refractivity contribution < 1.29 is 9.59 Å². The minimum Gasteiger partial charge on any atom is -0.348 e. The number of pyridine rings is 1. The van der Waals surface area contributed by atoms with Gasteiger partial charge >= 0.3 is 0 Å². The highest BCUT2D eigenvalue weighted by Crippen LogP contribution is 2.29. The lowest BCUT2D eigenvalue weighted by molar-refractivity contribution is -0.132. The van der Waals surface area contributed by atoms with Gasteiger partial charge in [0.15, 0.2) is 0 Å². The summed E-state index contributed by atoms with van der Waals surface area (Å²) in [4.78, 5) is 31.6. The number of aryl methyl sites for hydroxylation is 1. The minimum absolute atomic E-state index is 0.0530. The number of carbonyl (C=O) groups is 2. The van der Waals surface area contributed by atoms with Crippen LogP contribution in [0.2, 0.25) is 0 Å². The van der Waals surface area contributed by atoms with Crippen molar-refractivity contribution in [1.82, 2.24) is 15.2 Å². The van der Waals surface area contributed by atoms with Crippen LogP contribution < -0.4 is 5.32 Å².